The lowest BCUT2D eigenvalue weighted by molar-refractivity contribution is -0.135. The standard InChI is InChI=1S/C38H39N5O3/c1-3-28(2)36(41-37(44)20-33-22-40-27-43(33)23-30-18-16-29(21-39)17-19-30)25-42(38(45)26-46-34-13-5-4-6-14-34)24-32-12-9-11-31-10-7-8-15-35(31)32/h4-19,22,27-28,36H,3,20,23-26H2,1-2H3,(H,41,44)/t28-,36+/m0/s1. The lowest BCUT2D eigenvalue weighted by atomic mass is 9.97. The van der Waals surface area contributed by atoms with Gasteiger partial charge in [0.05, 0.1) is 24.4 Å². The predicted octanol–water partition coefficient (Wildman–Crippen LogP) is 6.14. The number of para-hydroxylation sites is 1. The van der Waals surface area contributed by atoms with Crippen LogP contribution in [-0.2, 0) is 29.1 Å². The summed E-state index contributed by atoms with van der Waals surface area (Å²) in [5.41, 5.74) is 3.43. The Bertz CT molecular complexity index is 1790. The Kier molecular flexibility index (Phi) is 10.8. The van der Waals surface area contributed by atoms with Crippen molar-refractivity contribution >= 4 is 22.6 Å². The Hall–Kier alpha value is -5.42. The van der Waals surface area contributed by atoms with Gasteiger partial charge in [0.15, 0.2) is 6.61 Å². The number of nitriles is 1. The van der Waals surface area contributed by atoms with Crippen molar-refractivity contribution in [1.29, 1.82) is 5.26 Å². The number of imidazole rings is 1. The van der Waals surface area contributed by atoms with E-state index in [0.717, 1.165) is 34.0 Å². The lowest BCUT2D eigenvalue weighted by Gasteiger charge is -2.32. The summed E-state index contributed by atoms with van der Waals surface area (Å²) in [4.78, 5) is 33.4. The minimum atomic E-state index is -0.275. The Morgan fingerprint density at radius 1 is 0.978 bits per heavy atom. The molecule has 0 saturated heterocycles. The zero-order valence-corrected chi connectivity index (χ0v) is 26.3. The van der Waals surface area contributed by atoms with Crippen LogP contribution in [0.4, 0.5) is 0 Å². The van der Waals surface area contributed by atoms with Gasteiger partial charge in [-0.3, -0.25) is 9.59 Å². The highest BCUT2D eigenvalue weighted by Crippen LogP contribution is 2.22. The van der Waals surface area contributed by atoms with Crippen LogP contribution in [0.25, 0.3) is 10.8 Å². The van der Waals surface area contributed by atoms with Gasteiger partial charge in [0, 0.05) is 37.6 Å². The van der Waals surface area contributed by atoms with Gasteiger partial charge in [0.2, 0.25) is 5.91 Å². The molecule has 0 aliphatic heterocycles. The van der Waals surface area contributed by atoms with E-state index in [4.69, 9.17) is 10.00 Å². The first kappa shape index (κ1) is 32.0. The molecule has 0 bridgehead atoms. The fourth-order valence-corrected chi connectivity index (χ4v) is 5.47. The molecule has 0 aliphatic rings. The molecule has 8 heteroatoms. The summed E-state index contributed by atoms with van der Waals surface area (Å²) in [5.74, 6) is 0.459. The smallest absolute Gasteiger partial charge is 0.260 e. The number of rotatable bonds is 14. The number of hydrogen-bond acceptors (Lipinski definition) is 5. The molecule has 4 aromatic carbocycles. The number of hydrogen-bond donors (Lipinski definition) is 1. The van der Waals surface area contributed by atoms with Gasteiger partial charge in [-0.1, -0.05) is 93.1 Å². The van der Waals surface area contributed by atoms with E-state index in [0.29, 0.717) is 30.9 Å². The molecular weight excluding hydrogens is 574 g/mol. The molecule has 8 nitrogen and oxygen atoms in total. The Balaban J connectivity index is 1.32. The van der Waals surface area contributed by atoms with Crippen molar-refractivity contribution in [2.24, 2.45) is 5.92 Å². The number of nitrogens with zero attached hydrogens (tertiary/aromatic N) is 4. The van der Waals surface area contributed by atoms with E-state index in [9.17, 15) is 9.59 Å². The summed E-state index contributed by atoms with van der Waals surface area (Å²) >= 11 is 0. The fourth-order valence-electron chi connectivity index (χ4n) is 5.47. The van der Waals surface area contributed by atoms with Crippen molar-refractivity contribution in [2.75, 3.05) is 13.2 Å². The van der Waals surface area contributed by atoms with Crippen molar-refractivity contribution in [2.45, 2.75) is 45.8 Å². The first-order chi connectivity index (χ1) is 22.4. The maximum atomic E-state index is 13.8. The number of aromatic nitrogens is 2. The topological polar surface area (TPSA) is 100 Å². The highest BCUT2D eigenvalue weighted by atomic mass is 16.5. The van der Waals surface area contributed by atoms with Crippen LogP contribution in [0.1, 0.15) is 42.7 Å². The first-order valence-corrected chi connectivity index (χ1v) is 15.6. The molecular formula is C38H39N5O3. The maximum absolute atomic E-state index is 13.8. The van der Waals surface area contributed by atoms with E-state index in [1.807, 2.05) is 71.3 Å². The molecule has 1 aromatic heterocycles. The summed E-state index contributed by atoms with van der Waals surface area (Å²) in [6, 6.07) is 32.8. The molecule has 234 valence electrons. The van der Waals surface area contributed by atoms with Gasteiger partial charge in [0.1, 0.15) is 5.75 Å². The number of fused-ring (bicyclic) bond motifs is 1. The summed E-state index contributed by atoms with van der Waals surface area (Å²) in [6.07, 6.45) is 4.40. The number of nitrogens with one attached hydrogen (secondary N) is 1. The van der Waals surface area contributed by atoms with Crippen molar-refractivity contribution in [3.05, 3.63) is 132 Å². The molecule has 2 amide bonds. The third kappa shape index (κ3) is 8.39. The first-order valence-electron chi connectivity index (χ1n) is 15.6. The second-order valence-corrected chi connectivity index (χ2v) is 11.6. The maximum Gasteiger partial charge on any atom is 0.260 e. The Morgan fingerprint density at radius 3 is 2.48 bits per heavy atom. The molecule has 0 aliphatic carbocycles. The van der Waals surface area contributed by atoms with Gasteiger partial charge in [-0.05, 0) is 52.1 Å². The molecule has 1 heterocycles. The van der Waals surface area contributed by atoms with Gasteiger partial charge < -0.3 is 19.5 Å². The summed E-state index contributed by atoms with van der Waals surface area (Å²) in [6.45, 7) is 5.35. The Labute approximate surface area is 270 Å². The van der Waals surface area contributed by atoms with Gasteiger partial charge in [-0.25, -0.2) is 4.98 Å². The second-order valence-electron chi connectivity index (χ2n) is 11.6. The summed E-state index contributed by atoms with van der Waals surface area (Å²) in [7, 11) is 0. The second kappa shape index (κ2) is 15.5. The van der Waals surface area contributed by atoms with Crippen LogP contribution in [0.3, 0.4) is 0 Å². The molecule has 46 heavy (non-hydrogen) atoms. The fraction of sp³-hybridized carbons (Fsp3) is 0.263. The van der Waals surface area contributed by atoms with Crippen LogP contribution in [0.5, 0.6) is 5.75 Å². The van der Waals surface area contributed by atoms with E-state index < -0.39 is 0 Å². The minimum absolute atomic E-state index is 0.107. The van der Waals surface area contributed by atoms with Crippen molar-refractivity contribution in [3.8, 4) is 11.8 Å². The molecule has 0 radical (unpaired) electrons. The SMILES string of the molecule is CC[C@H](C)[C@@H](CN(Cc1cccc2ccccc12)C(=O)COc1ccccc1)NC(=O)Cc1cncn1Cc1ccc(C#N)cc1. The minimum Gasteiger partial charge on any atom is -0.484 e. The molecule has 0 fully saturated rings. The zero-order chi connectivity index (χ0) is 32.3. The van der Waals surface area contributed by atoms with E-state index in [1.54, 1.807) is 29.6 Å². The molecule has 1 N–H and O–H groups in total. The summed E-state index contributed by atoms with van der Waals surface area (Å²) in [5, 5.41) is 14.5. The number of amides is 2. The molecule has 2 atom stereocenters. The number of ether oxygens (including phenoxy) is 1. The number of carbonyl (C=O) groups is 2. The average molecular weight is 614 g/mol. The zero-order valence-electron chi connectivity index (χ0n) is 26.3. The third-order valence-electron chi connectivity index (χ3n) is 8.37. The summed E-state index contributed by atoms with van der Waals surface area (Å²) < 4.78 is 7.81. The van der Waals surface area contributed by atoms with E-state index in [-0.39, 0.29) is 36.8 Å². The van der Waals surface area contributed by atoms with Crippen LogP contribution in [-0.4, -0.2) is 45.5 Å². The van der Waals surface area contributed by atoms with E-state index >= 15 is 0 Å². The highest BCUT2D eigenvalue weighted by Gasteiger charge is 2.26. The lowest BCUT2D eigenvalue weighted by Crippen LogP contribution is -2.50. The van der Waals surface area contributed by atoms with Crippen molar-refractivity contribution in [1.82, 2.24) is 19.8 Å². The van der Waals surface area contributed by atoms with Gasteiger partial charge in [-0.15, -0.1) is 0 Å². The normalized spacial score (nSPS) is 12.2. The van der Waals surface area contributed by atoms with Gasteiger partial charge in [-0.2, -0.15) is 5.26 Å². The molecule has 0 saturated carbocycles. The van der Waals surface area contributed by atoms with Crippen LogP contribution in [0, 0.1) is 17.2 Å². The van der Waals surface area contributed by atoms with E-state index in [2.05, 4.69) is 48.4 Å². The molecule has 5 rings (SSSR count). The van der Waals surface area contributed by atoms with Gasteiger partial charge >= 0.3 is 0 Å². The van der Waals surface area contributed by atoms with Crippen LogP contribution in [0.15, 0.2) is 110 Å². The van der Waals surface area contributed by atoms with Crippen LogP contribution in [0.2, 0.25) is 0 Å². The molecule has 5 aromatic rings. The quantitative estimate of drug-likeness (QED) is 0.162. The van der Waals surface area contributed by atoms with Crippen LogP contribution < -0.4 is 10.1 Å². The Morgan fingerprint density at radius 2 is 1.72 bits per heavy atom. The van der Waals surface area contributed by atoms with Crippen LogP contribution >= 0.6 is 0 Å². The van der Waals surface area contributed by atoms with Crippen molar-refractivity contribution in [3.63, 3.8) is 0 Å². The monoisotopic (exact) mass is 613 g/mol. The van der Waals surface area contributed by atoms with Gasteiger partial charge in [0.25, 0.3) is 5.91 Å². The highest BCUT2D eigenvalue weighted by molar-refractivity contribution is 5.86. The predicted molar refractivity (Wildman–Crippen MR) is 179 cm³/mol. The molecule has 0 spiro atoms. The number of carbonyl (C=O) groups excluding carboxylic acids is 2. The number of benzene rings is 4. The molecule has 0 unspecified atom stereocenters. The average Bonchev–Trinajstić information content (AvgIpc) is 3.52. The third-order valence-corrected chi connectivity index (χ3v) is 8.37. The van der Waals surface area contributed by atoms with E-state index in [1.165, 1.54) is 0 Å². The van der Waals surface area contributed by atoms with Crippen molar-refractivity contribution < 1.29 is 14.3 Å². The largest absolute Gasteiger partial charge is 0.484 e.